The van der Waals surface area contributed by atoms with Gasteiger partial charge in [0.05, 0.1) is 12.6 Å². The molecular formula is C12H22N2O3. The van der Waals surface area contributed by atoms with Gasteiger partial charge < -0.3 is 20.1 Å². The number of nitrogens with zero attached hydrogens (tertiary/aromatic N) is 1. The Morgan fingerprint density at radius 1 is 1.53 bits per heavy atom. The first-order valence-corrected chi connectivity index (χ1v) is 6.49. The number of amides is 1. The summed E-state index contributed by atoms with van der Waals surface area (Å²) in [4.78, 5) is 13.1. The van der Waals surface area contributed by atoms with E-state index < -0.39 is 6.29 Å². The van der Waals surface area contributed by atoms with Crippen LogP contribution in [0.4, 0.5) is 0 Å². The molecule has 2 rings (SSSR count). The summed E-state index contributed by atoms with van der Waals surface area (Å²) >= 11 is 0. The smallest absolute Gasteiger partial charge is 0.219 e. The number of nitrogens with one attached hydrogen (secondary N) is 1. The van der Waals surface area contributed by atoms with Crippen LogP contribution in [0, 0.1) is 0 Å². The molecule has 3 atom stereocenters. The standard InChI is InChI=1S/C12H22N2O3/c1-9(15)14-7-3-5-11(14)12(16)17-8-10-4-2-6-13-10/h10-13,16H,2-8H2,1H3. The zero-order chi connectivity index (χ0) is 12.3. The summed E-state index contributed by atoms with van der Waals surface area (Å²) in [7, 11) is 0. The molecule has 2 N–H and O–H groups in total. The minimum atomic E-state index is -0.844. The van der Waals surface area contributed by atoms with Gasteiger partial charge in [-0.05, 0) is 32.2 Å². The number of carbonyl (C=O) groups excluding carboxylic acids is 1. The Balaban J connectivity index is 1.77. The van der Waals surface area contributed by atoms with Crippen molar-refractivity contribution in [2.75, 3.05) is 19.7 Å². The second-order valence-corrected chi connectivity index (χ2v) is 4.94. The quantitative estimate of drug-likeness (QED) is 0.686. The maximum Gasteiger partial charge on any atom is 0.219 e. The zero-order valence-electron chi connectivity index (χ0n) is 10.4. The van der Waals surface area contributed by atoms with Crippen LogP contribution in [0.1, 0.15) is 32.6 Å². The third kappa shape index (κ3) is 3.18. The maximum atomic E-state index is 11.4. The van der Waals surface area contributed by atoms with Crippen molar-refractivity contribution in [3.8, 4) is 0 Å². The normalized spacial score (nSPS) is 30.8. The van der Waals surface area contributed by atoms with E-state index in [1.54, 1.807) is 11.8 Å². The summed E-state index contributed by atoms with van der Waals surface area (Å²) in [6.45, 7) is 3.85. The highest BCUT2D eigenvalue weighted by atomic mass is 16.6. The van der Waals surface area contributed by atoms with Gasteiger partial charge in [0, 0.05) is 19.5 Å². The molecule has 2 aliphatic rings. The average molecular weight is 242 g/mol. The van der Waals surface area contributed by atoms with Crippen molar-refractivity contribution in [2.24, 2.45) is 0 Å². The van der Waals surface area contributed by atoms with Crippen LogP contribution in [-0.4, -0.2) is 54.0 Å². The van der Waals surface area contributed by atoms with Crippen LogP contribution >= 0.6 is 0 Å². The Morgan fingerprint density at radius 3 is 3.00 bits per heavy atom. The highest BCUT2D eigenvalue weighted by Gasteiger charge is 2.33. The van der Waals surface area contributed by atoms with Crippen molar-refractivity contribution in [3.05, 3.63) is 0 Å². The molecule has 0 bridgehead atoms. The van der Waals surface area contributed by atoms with Crippen LogP contribution in [0.5, 0.6) is 0 Å². The summed E-state index contributed by atoms with van der Waals surface area (Å²) in [6.07, 6.45) is 3.22. The van der Waals surface area contributed by atoms with Crippen molar-refractivity contribution in [1.82, 2.24) is 10.2 Å². The Morgan fingerprint density at radius 2 is 2.35 bits per heavy atom. The molecule has 5 nitrogen and oxygen atoms in total. The topological polar surface area (TPSA) is 61.8 Å². The third-order valence-corrected chi connectivity index (χ3v) is 3.66. The molecule has 0 aromatic rings. The van der Waals surface area contributed by atoms with Crippen LogP contribution in [0.3, 0.4) is 0 Å². The first kappa shape index (κ1) is 12.8. The number of hydrogen-bond donors (Lipinski definition) is 2. The van der Waals surface area contributed by atoms with E-state index in [-0.39, 0.29) is 11.9 Å². The lowest BCUT2D eigenvalue weighted by atomic mass is 10.2. The zero-order valence-corrected chi connectivity index (χ0v) is 10.4. The molecule has 2 fully saturated rings. The number of rotatable bonds is 4. The maximum absolute atomic E-state index is 11.4. The van der Waals surface area contributed by atoms with Gasteiger partial charge in [-0.15, -0.1) is 0 Å². The third-order valence-electron chi connectivity index (χ3n) is 3.66. The molecule has 0 saturated carbocycles. The van der Waals surface area contributed by atoms with Gasteiger partial charge in [0.1, 0.15) is 0 Å². The number of ether oxygens (including phenoxy) is 1. The van der Waals surface area contributed by atoms with E-state index in [1.165, 1.54) is 6.42 Å². The monoisotopic (exact) mass is 242 g/mol. The van der Waals surface area contributed by atoms with Gasteiger partial charge in [-0.3, -0.25) is 4.79 Å². The van der Waals surface area contributed by atoms with Crippen molar-refractivity contribution in [1.29, 1.82) is 0 Å². The molecular weight excluding hydrogens is 220 g/mol. The van der Waals surface area contributed by atoms with Crippen LogP contribution in [0.15, 0.2) is 0 Å². The molecule has 2 aliphatic heterocycles. The van der Waals surface area contributed by atoms with E-state index in [0.29, 0.717) is 12.6 Å². The summed E-state index contributed by atoms with van der Waals surface area (Å²) in [5.74, 6) is 0.0224. The predicted molar refractivity (Wildman–Crippen MR) is 63.4 cm³/mol. The molecule has 2 saturated heterocycles. The fourth-order valence-electron chi connectivity index (χ4n) is 2.70. The molecule has 0 spiro atoms. The molecule has 0 aliphatic carbocycles. The Labute approximate surface area is 102 Å². The first-order valence-electron chi connectivity index (χ1n) is 6.49. The van der Waals surface area contributed by atoms with Crippen molar-refractivity contribution >= 4 is 5.91 Å². The summed E-state index contributed by atoms with van der Waals surface area (Å²) in [6, 6.07) is 0.200. The summed E-state index contributed by atoms with van der Waals surface area (Å²) < 4.78 is 5.49. The number of likely N-dealkylation sites (tertiary alicyclic amines) is 1. The molecule has 2 heterocycles. The molecule has 3 unspecified atom stereocenters. The highest BCUT2D eigenvalue weighted by Crippen LogP contribution is 2.21. The lowest BCUT2D eigenvalue weighted by Gasteiger charge is -2.28. The van der Waals surface area contributed by atoms with E-state index >= 15 is 0 Å². The largest absolute Gasteiger partial charge is 0.366 e. The minimum Gasteiger partial charge on any atom is -0.366 e. The van der Waals surface area contributed by atoms with E-state index in [2.05, 4.69) is 5.32 Å². The first-order chi connectivity index (χ1) is 8.18. The molecule has 0 radical (unpaired) electrons. The van der Waals surface area contributed by atoms with E-state index in [4.69, 9.17) is 4.74 Å². The molecule has 1 amide bonds. The number of hydrogen-bond acceptors (Lipinski definition) is 4. The van der Waals surface area contributed by atoms with Gasteiger partial charge in [0.15, 0.2) is 6.29 Å². The highest BCUT2D eigenvalue weighted by molar-refractivity contribution is 5.73. The second kappa shape index (κ2) is 5.80. The summed E-state index contributed by atoms with van der Waals surface area (Å²) in [5, 5.41) is 13.3. The Kier molecular flexibility index (Phi) is 4.36. The lowest BCUT2D eigenvalue weighted by molar-refractivity contribution is -0.156. The molecule has 98 valence electrons. The van der Waals surface area contributed by atoms with Crippen LogP contribution in [-0.2, 0) is 9.53 Å². The van der Waals surface area contributed by atoms with Crippen LogP contribution in [0.25, 0.3) is 0 Å². The molecule has 17 heavy (non-hydrogen) atoms. The fraction of sp³-hybridized carbons (Fsp3) is 0.917. The molecule has 0 aromatic heterocycles. The van der Waals surface area contributed by atoms with Gasteiger partial charge in [-0.2, -0.15) is 0 Å². The van der Waals surface area contributed by atoms with Crippen molar-refractivity contribution in [3.63, 3.8) is 0 Å². The van der Waals surface area contributed by atoms with Crippen molar-refractivity contribution < 1.29 is 14.6 Å². The second-order valence-electron chi connectivity index (χ2n) is 4.94. The predicted octanol–water partition coefficient (Wildman–Crippen LogP) is 0.0843. The minimum absolute atomic E-state index is 0.0224. The van der Waals surface area contributed by atoms with Gasteiger partial charge >= 0.3 is 0 Å². The SMILES string of the molecule is CC(=O)N1CCCC1C(O)OCC1CCCN1. The van der Waals surface area contributed by atoms with Crippen molar-refractivity contribution in [2.45, 2.75) is 51.0 Å². The number of aliphatic hydroxyl groups excluding tert-OH is 1. The van der Waals surface area contributed by atoms with Crippen LogP contribution in [0.2, 0.25) is 0 Å². The van der Waals surface area contributed by atoms with Crippen LogP contribution < -0.4 is 5.32 Å². The van der Waals surface area contributed by atoms with Gasteiger partial charge in [0.2, 0.25) is 5.91 Å². The molecule has 0 aromatic carbocycles. The van der Waals surface area contributed by atoms with E-state index in [0.717, 1.165) is 32.4 Å². The fourth-order valence-corrected chi connectivity index (χ4v) is 2.70. The Bertz CT molecular complexity index is 266. The van der Waals surface area contributed by atoms with Gasteiger partial charge in [0.25, 0.3) is 0 Å². The van der Waals surface area contributed by atoms with Gasteiger partial charge in [-0.25, -0.2) is 0 Å². The average Bonchev–Trinajstić information content (AvgIpc) is 2.96. The molecule has 5 heteroatoms. The van der Waals surface area contributed by atoms with Gasteiger partial charge in [-0.1, -0.05) is 0 Å². The number of carbonyl (C=O) groups is 1. The lowest BCUT2D eigenvalue weighted by Crippen LogP contribution is -2.44. The summed E-state index contributed by atoms with van der Waals surface area (Å²) in [5.41, 5.74) is 0. The Hall–Kier alpha value is -0.650. The van der Waals surface area contributed by atoms with E-state index in [9.17, 15) is 9.90 Å². The van der Waals surface area contributed by atoms with E-state index in [1.807, 2.05) is 0 Å². The number of aliphatic hydroxyl groups is 1.